The Morgan fingerprint density at radius 2 is 2.09 bits per heavy atom. The van der Waals surface area contributed by atoms with E-state index in [1.54, 1.807) is 0 Å². The number of fused-ring (bicyclic) bond motifs is 3. The Labute approximate surface area is 134 Å². The van der Waals surface area contributed by atoms with Crippen molar-refractivity contribution < 1.29 is 4.79 Å². The summed E-state index contributed by atoms with van der Waals surface area (Å²) in [7, 11) is 0. The number of pyridine rings is 1. The molecule has 0 saturated carbocycles. The molecule has 0 unspecified atom stereocenters. The lowest BCUT2D eigenvalue weighted by Gasteiger charge is -2.12. The van der Waals surface area contributed by atoms with E-state index in [0.29, 0.717) is 24.5 Å². The first-order valence-corrected chi connectivity index (χ1v) is 7.74. The lowest BCUT2D eigenvalue weighted by molar-refractivity contribution is 0.100. The molecule has 0 bridgehead atoms. The zero-order chi connectivity index (χ0) is 16.6. The predicted octanol–water partition coefficient (Wildman–Crippen LogP) is 2.07. The standard InChI is InChI=1S/C17H21N5O/c1-3-20-16-13(15(19)23)8-12-11-6-4-5-7-14(11)22(9-10(2)18)17(12)21-16/h4-8,10H,3,9,18H2,1-2H3,(H2,19,23)(H,20,21)/t10-/m0/s1. The highest BCUT2D eigenvalue weighted by Gasteiger charge is 2.18. The fourth-order valence-corrected chi connectivity index (χ4v) is 2.92. The van der Waals surface area contributed by atoms with Gasteiger partial charge in [-0.1, -0.05) is 18.2 Å². The van der Waals surface area contributed by atoms with Gasteiger partial charge in [-0.05, 0) is 26.0 Å². The normalized spacial score (nSPS) is 12.7. The van der Waals surface area contributed by atoms with E-state index in [1.165, 1.54) is 0 Å². The fraction of sp³-hybridized carbons (Fsp3) is 0.294. The molecule has 1 amide bonds. The van der Waals surface area contributed by atoms with Crippen molar-refractivity contribution in [1.82, 2.24) is 9.55 Å². The molecule has 1 atom stereocenters. The summed E-state index contributed by atoms with van der Waals surface area (Å²) in [6.45, 7) is 5.22. The maximum atomic E-state index is 11.8. The molecule has 23 heavy (non-hydrogen) atoms. The second kappa shape index (κ2) is 5.89. The summed E-state index contributed by atoms with van der Waals surface area (Å²) in [6, 6.07) is 9.83. The van der Waals surface area contributed by atoms with Crippen LogP contribution in [0.1, 0.15) is 24.2 Å². The van der Waals surface area contributed by atoms with Crippen LogP contribution in [-0.2, 0) is 6.54 Å². The molecule has 6 nitrogen and oxygen atoms in total. The third kappa shape index (κ3) is 2.61. The Balaban J connectivity index is 2.39. The molecule has 2 heterocycles. The van der Waals surface area contributed by atoms with E-state index < -0.39 is 5.91 Å². The number of hydrogen-bond acceptors (Lipinski definition) is 4. The molecular formula is C17H21N5O. The number of rotatable bonds is 5. The van der Waals surface area contributed by atoms with Gasteiger partial charge in [-0.2, -0.15) is 0 Å². The van der Waals surface area contributed by atoms with Gasteiger partial charge in [0.2, 0.25) is 0 Å². The van der Waals surface area contributed by atoms with Gasteiger partial charge in [-0.15, -0.1) is 0 Å². The number of hydrogen-bond donors (Lipinski definition) is 3. The molecule has 3 aromatic rings. The second-order valence-electron chi connectivity index (χ2n) is 5.76. The van der Waals surface area contributed by atoms with Gasteiger partial charge in [0.05, 0.1) is 11.1 Å². The number of nitrogens with one attached hydrogen (secondary N) is 1. The Hall–Kier alpha value is -2.60. The van der Waals surface area contributed by atoms with E-state index in [2.05, 4.69) is 14.9 Å². The molecule has 5 N–H and O–H groups in total. The predicted molar refractivity (Wildman–Crippen MR) is 93.6 cm³/mol. The summed E-state index contributed by atoms with van der Waals surface area (Å²) in [5.74, 6) is 0.0283. The highest BCUT2D eigenvalue weighted by molar-refractivity contribution is 6.10. The maximum Gasteiger partial charge on any atom is 0.252 e. The molecule has 0 saturated heterocycles. The van der Waals surface area contributed by atoms with Crippen molar-refractivity contribution in [2.75, 3.05) is 11.9 Å². The second-order valence-corrected chi connectivity index (χ2v) is 5.76. The summed E-state index contributed by atoms with van der Waals surface area (Å²) in [5.41, 5.74) is 13.8. The number of primary amides is 1. The number of para-hydroxylation sites is 1. The van der Waals surface area contributed by atoms with Gasteiger partial charge in [0, 0.05) is 29.9 Å². The molecule has 0 aliphatic heterocycles. The van der Waals surface area contributed by atoms with Crippen molar-refractivity contribution in [3.8, 4) is 0 Å². The molecule has 0 aliphatic carbocycles. The average Bonchev–Trinajstić information content (AvgIpc) is 2.80. The zero-order valence-electron chi connectivity index (χ0n) is 13.3. The van der Waals surface area contributed by atoms with Crippen LogP contribution in [0.25, 0.3) is 21.9 Å². The lowest BCUT2D eigenvalue weighted by atomic mass is 10.1. The van der Waals surface area contributed by atoms with E-state index in [1.807, 2.05) is 44.2 Å². The number of anilines is 1. The van der Waals surface area contributed by atoms with Crippen LogP contribution in [0.3, 0.4) is 0 Å². The maximum absolute atomic E-state index is 11.8. The number of nitrogens with two attached hydrogens (primary N) is 2. The first kappa shape index (κ1) is 15.3. The fourth-order valence-electron chi connectivity index (χ4n) is 2.92. The van der Waals surface area contributed by atoms with Crippen molar-refractivity contribution in [3.05, 3.63) is 35.9 Å². The Morgan fingerprint density at radius 3 is 2.74 bits per heavy atom. The number of carbonyl (C=O) groups is 1. The third-order valence-corrected chi connectivity index (χ3v) is 3.82. The van der Waals surface area contributed by atoms with E-state index in [-0.39, 0.29) is 6.04 Å². The number of benzene rings is 1. The molecule has 0 aliphatic rings. The number of carbonyl (C=O) groups excluding carboxylic acids is 1. The Kier molecular flexibility index (Phi) is 3.92. The summed E-state index contributed by atoms with van der Waals surface area (Å²) in [6.07, 6.45) is 0. The quantitative estimate of drug-likeness (QED) is 0.671. The third-order valence-electron chi connectivity index (χ3n) is 3.82. The molecule has 0 fully saturated rings. The molecule has 0 radical (unpaired) electrons. The monoisotopic (exact) mass is 311 g/mol. The van der Waals surface area contributed by atoms with Crippen LogP contribution in [-0.4, -0.2) is 28.0 Å². The van der Waals surface area contributed by atoms with Crippen molar-refractivity contribution in [1.29, 1.82) is 0 Å². The molecule has 0 spiro atoms. The smallest absolute Gasteiger partial charge is 0.252 e. The van der Waals surface area contributed by atoms with Gasteiger partial charge in [-0.25, -0.2) is 4.98 Å². The van der Waals surface area contributed by atoms with E-state index >= 15 is 0 Å². The van der Waals surface area contributed by atoms with Crippen LogP contribution in [0.5, 0.6) is 0 Å². The van der Waals surface area contributed by atoms with Gasteiger partial charge in [0.25, 0.3) is 5.91 Å². The Morgan fingerprint density at radius 1 is 1.35 bits per heavy atom. The van der Waals surface area contributed by atoms with E-state index in [9.17, 15) is 4.79 Å². The van der Waals surface area contributed by atoms with E-state index in [0.717, 1.165) is 21.9 Å². The lowest BCUT2D eigenvalue weighted by Crippen LogP contribution is -2.22. The van der Waals surface area contributed by atoms with E-state index in [4.69, 9.17) is 11.5 Å². The molecule has 1 aromatic carbocycles. The first-order chi connectivity index (χ1) is 11.0. The molecule has 6 heteroatoms. The van der Waals surface area contributed by atoms with Crippen molar-refractivity contribution in [3.63, 3.8) is 0 Å². The largest absolute Gasteiger partial charge is 0.370 e. The molecule has 2 aromatic heterocycles. The minimum Gasteiger partial charge on any atom is -0.370 e. The summed E-state index contributed by atoms with van der Waals surface area (Å²) in [4.78, 5) is 16.4. The van der Waals surface area contributed by atoms with Crippen molar-refractivity contribution in [2.45, 2.75) is 26.4 Å². The SMILES string of the molecule is CCNc1nc2c(cc1C(N)=O)c1ccccc1n2C[C@H](C)N. The highest BCUT2D eigenvalue weighted by Crippen LogP contribution is 2.30. The summed E-state index contributed by atoms with van der Waals surface area (Å²) < 4.78 is 2.10. The van der Waals surface area contributed by atoms with Crippen LogP contribution >= 0.6 is 0 Å². The van der Waals surface area contributed by atoms with Gasteiger partial charge in [0.15, 0.2) is 0 Å². The molecule has 120 valence electrons. The van der Waals surface area contributed by atoms with Crippen LogP contribution in [0.15, 0.2) is 30.3 Å². The minimum absolute atomic E-state index is 0.00536. The topological polar surface area (TPSA) is 99.0 Å². The van der Waals surface area contributed by atoms with Crippen LogP contribution < -0.4 is 16.8 Å². The summed E-state index contributed by atoms with van der Waals surface area (Å²) in [5, 5.41) is 5.07. The summed E-state index contributed by atoms with van der Waals surface area (Å²) >= 11 is 0. The van der Waals surface area contributed by atoms with Crippen molar-refractivity contribution >= 4 is 33.7 Å². The Bertz CT molecular complexity index is 881. The molecule has 3 rings (SSSR count). The van der Waals surface area contributed by atoms with Gasteiger partial charge in [-0.3, -0.25) is 4.79 Å². The van der Waals surface area contributed by atoms with Crippen LogP contribution in [0, 0.1) is 0 Å². The number of amides is 1. The highest BCUT2D eigenvalue weighted by atomic mass is 16.1. The van der Waals surface area contributed by atoms with Crippen LogP contribution in [0.4, 0.5) is 5.82 Å². The van der Waals surface area contributed by atoms with Gasteiger partial charge >= 0.3 is 0 Å². The number of aromatic nitrogens is 2. The minimum atomic E-state index is -0.487. The van der Waals surface area contributed by atoms with Crippen LogP contribution in [0.2, 0.25) is 0 Å². The average molecular weight is 311 g/mol. The van der Waals surface area contributed by atoms with Gasteiger partial charge in [0.1, 0.15) is 11.5 Å². The van der Waals surface area contributed by atoms with Crippen molar-refractivity contribution in [2.24, 2.45) is 11.5 Å². The molecular weight excluding hydrogens is 290 g/mol. The number of nitrogens with zero attached hydrogens (tertiary/aromatic N) is 2. The zero-order valence-corrected chi connectivity index (χ0v) is 13.3. The van der Waals surface area contributed by atoms with Gasteiger partial charge < -0.3 is 21.4 Å². The first-order valence-electron chi connectivity index (χ1n) is 7.74.